The van der Waals surface area contributed by atoms with Gasteiger partial charge in [0.15, 0.2) is 0 Å². The topological polar surface area (TPSA) is 107 Å². The lowest BCUT2D eigenvalue weighted by Gasteiger charge is -2.25. The molecule has 1 aliphatic heterocycles. The van der Waals surface area contributed by atoms with Crippen LogP contribution in [0.25, 0.3) is 11.0 Å². The van der Waals surface area contributed by atoms with Crippen LogP contribution in [0, 0.1) is 5.92 Å². The van der Waals surface area contributed by atoms with Crippen LogP contribution in [-0.2, 0) is 14.4 Å². The van der Waals surface area contributed by atoms with E-state index in [4.69, 9.17) is 0 Å². The van der Waals surface area contributed by atoms with Gasteiger partial charge in [0, 0.05) is 19.0 Å². The molecule has 1 aliphatic rings. The molecule has 1 saturated heterocycles. The zero-order valence-corrected chi connectivity index (χ0v) is 19.5. The van der Waals surface area contributed by atoms with Crippen molar-refractivity contribution in [2.45, 2.75) is 77.9 Å². The van der Waals surface area contributed by atoms with Crippen molar-refractivity contribution in [1.82, 2.24) is 25.5 Å². The van der Waals surface area contributed by atoms with Crippen molar-refractivity contribution in [3.05, 3.63) is 30.1 Å². The third kappa shape index (κ3) is 6.08. The molecule has 0 aliphatic carbocycles. The third-order valence-corrected chi connectivity index (χ3v) is 6.03. The van der Waals surface area contributed by atoms with Crippen LogP contribution in [0.15, 0.2) is 24.3 Å². The number of aromatic nitrogens is 2. The van der Waals surface area contributed by atoms with Crippen molar-refractivity contribution in [2.24, 2.45) is 5.92 Å². The second-order valence-corrected chi connectivity index (χ2v) is 9.20. The van der Waals surface area contributed by atoms with Crippen molar-refractivity contribution in [3.63, 3.8) is 0 Å². The number of nitrogens with one attached hydrogen (secondary N) is 3. The van der Waals surface area contributed by atoms with Gasteiger partial charge < -0.3 is 20.5 Å². The fourth-order valence-corrected chi connectivity index (χ4v) is 4.05. The molecule has 0 saturated carbocycles. The molecule has 1 unspecified atom stereocenters. The number of benzene rings is 1. The zero-order chi connectivity index (χ0) is 23.3. The SMILES string of the molecule is CC(C)CCC(=O)N[C@@H](CC(=O)N1CCC[C@@H]1C)C(=O)NC(C)c1nc2ccccc2[nH]1. The maximum atomic E-state index is 13.1. The zero-order valence-electron chi connectivity index (χ0n) is 19.5. The molecule has 0 bridgehead atoms. The average Bonchev–Trinajstić information content (AvgIpc) is 3.37. The summed E-state index contributed by atoms with van der Waals surface area (Å²) in [7, 11) is 0. The average molecular weight is 442 g/mol. The number of nitrogens with zero attached hydrogens (tertiary/aromatic N) is 2. The number of carbonyl (C=O) groups excluding carboxylic acids is 3. The smallest absolute Gasteiger partial charge is 0.243 e. The van der Waals surface area contributed by atoms with Gasteiger partial charge in [-0.3, -0.25) is 14.4 Å². The Morgan fingerprint density at radius 2 is 1.94 bits per heavy atom. The Kier molecular flexibility index (Phi) is 7.88. The Labute approximate surface area is 189 Å². The van der Waals surface area contributed by atoms with E-state index in [1.54, 1.807) is 0 Å². The van der Waals surface area contributed by atoms with Gasteiger partial charge in [-0.25, -0.2) is 4.98 Å². The standard InChI is InChI=1S/C24H35N5O3/c1-15(2)11-12-21(30)26-20(14-22(31)29-13-7-8-16(29)3)24(32)25-17(4)23-27-18-9-5-6-10-19(18)28-23/h5-6,9-10,15-17,20H,7-8,11-14H2,1-4H3,(H,25,32)(H,26,30)(H,27,28)/t16-,17?,20-/m0/s1. The third-order valence-electron chi connectivity index (χ3n) is 6.03. The van der Waals surface area contributed by atoms with Gasteiger partial charge in [-0.05, 0) is 51.2 Å². The Hall–Kier alpha value is -2.90. The highest BCUT2D eigenvalue weighted by Gasteiger charge is 2.31. The van der Waals surface area contributed by atoms with Crippen LogP contribution in [0.5, 0.6) is 0 Å². The first-order chi connectivity index (χ1) is 15.2. The molecule has 8 nitrogen and oxygen atoms in total. The van der Waals surface area contributed by atoms with Crippen LogP contribution >= 0.6 is 0 Å². The summed E-state index contributed by atoms with van der Waals surface area (Å²) in [4.78, 5) is 48.0. The summed E-state index contributed by atoms with van der Waals surface area (Å²) in [6.07, 6.45) is 2.94. The lowest BCUT2D eigenvalue weighted by Crippen LogP contribution is -2.50. The van der Waals surface area contributed by atoms with E-state index in [0.29, 0.717) is 24.7 Å². The van der Waals surface area contributed by atoms with Crippen molar-refractivity contribution in [1.29, 1.82) is 0 Å². The highest BCUT2D eigenvalue weighted by Crippen LogP contribution is 2.19. The Morgan fingerprint density at radius 3 is 2.59 bits per heavy atom. The van der Waals surface area contributed by atoms with Crippen LogP contribution in [0.1, 0.15) is 71.7 Å². The molecule has 1 fully saturated rings. The van der Waals surface area contributed by atoms with Crippen molar-refractivity contribution in [3.8, 4) is 0 Å². The van der Waals surface area contributed by atoms with Crippen molar-refractivity contribution in [2.75, 3.05) is 6.54 Å². The number of likely N-dealkylation sites (tertiary alicyclic amines) is 1. The van der Waals surface area contributed by atoms with Crippen molar-refractivity contribution < 1.29 is 14.4 Å². The monoisotopic (exact) mass is 441 g/mol. The van der Waals surface area contributed by atoms with Crippen LogP contribution in [0.2, 0.25) is 0 Å². The first-order valence-corrected chi connectivity index (χ1v) is 11.6. The number of aromatic amines is 1. The minimum absolute atomic E-state index is 0.0452. The first-order valence-electron chi connectivity index (χ1n) is 11.6. The molecule has 0 spiro atoms. The molecule has 3 atom stereocenters. The predicted octanol–water partition coefficient (Wildman–Crippen LogP) is 3.06. The second kappa shape index (κ2) is 10.6. The number of para-hydroxylation sites is 2. The molecule has 3 rings (SSSR count). The van der Waals surface area contributed by atoms with Crippen LogP contribution in [-0.4, -0.2) is 51.2 Å². The number of H-pyrrole nitrogens is 1. The quantitative estimate of drug-likeness (QED) is 0.556. The molecule has 3 amide bonds. The van der Waals surface area contributed by atoms with Crippen molar-refractivity contribution >= 4 is 28.8 Å². The minimum atomic E-state index is -0.915. The molecule has 3 N–H and O–H groups in total. The molecule has 0 radical (unpaired) electrons. The van der Waals surface area contributed by atoms with Gasteiger partial charge in [-0.1, -0.05) is 26.0 Å². The number of fused-ring (bicyclic) bond motifs is 1. The normalized spacial score (nSPS) is 18.0. The molecule has 2 aromatic rings. The van der Waals surface area contributed by atoms with Gasteiger partial charge >= 0.3 is 0 Å². The predicted molar refractivity (Wildman–Crippen MR) is 124 cm³/mol. The number of amides is 3. The highest BCUT2D eigenvalue weighted by molar-refractivity contribution is 5.92. The van der Waals surface area contributed by atoms with Gasteiger partial charge in [0.25, 0.3) is 0 Å². The van der Waals surface area contributed by atoms with E-state index in [0.717, 1.165) is 30.3 Å². The van der Waals surface area contributed by atoms with Gasteiger partial charge in [0.05, 0.1) is 23.5 Å². The summed E-state index contributed by atoms with van der Waals surface area (Å²) < 4.78 is 0. The molecule has 1 aromatic carbocycles. The van der Waals surface area contributed by atoms with E-state index in [2.05, 4.69) is 20.6 Å². The maximum absolute atomic E-state index is 13.1. The molecular formula is C24H35N5O3. The second-order valence-electron chi connectivity index (χ2n) is 9.20. The van der Waals surface area contributed by atoms with Crippen LogP contribution in [0.4, 0.5) is 0 Å². The lowest BCUT2D eigenvalue weighted by atomic mass is 10.1. The van der Waals surface area contributed by atoms with Gasteiger partial charge in [-0.15, -0.1) is 0 Å². The fraction of sp³-hybridized carbons (Fsp3) is 0.583. The van der Waals surface area contributed by atoms with E-state index in [1.165, 1.54) is 0 Å². The fourth-order valence-electron chi connectivity index (χ4n) is 4.05. The summed E-state index contributed by atoms with van der Waals surface area (Å²) in [5, 5.41) is 5.71. The van der Waals surface area contributed by atoms with E-state index >= 15 is 0 Å². The highest BCUT2D eigenvalue weighted by atomic mass is 16.2. The van der Waals surface area contributed by atoms with E-state index in [1.807, 2.05) is 56.9 Å². The summed E-state index contributed by atoms with van der Waals surface area (Å²) >= 11 is 0. The molecule has 32 heavy (non-hydrogen) atoms. The number of rotatable bonds is 9. The maximum Gasteiger partial charge on any atom is 0.243 e. The summed E-state index contributed by atoms with van der Waals surface area (Å²) in [6, 6.07) is 6.50. The Morgan fingerprint density at radius 1 is 1.19 bits per heavy atom. The number of hydrogen-bond donors (Lipinski definition) is 3. The van der Waals surface area contributed by atoms with Crippen LogP contribution in [0.3, 0.4) is 0 Å². The number of hydrogen-bond acceptors (Lipinski definition) is 4. The van der Waals surface area contributed by atoms with Crippen LogP contribution < -0.4 is 10.6 Å². The lowest BCUT2D eigenvalue weighted by molar-refractivity contribution is -0.137. The van der Waals surface area contributed by atoms with E-state index in [9.17, 15) is 14.4 Å². The van der Waals surface area contributed by atoms with E-state index in [-0.39, 0.29) is 30.2 Å². The summed E-state index contributed by atoms with van der Waals surface area (Å²) in [6.45, 7) is 8.64. The molecule has 8 heteroatoms. The largest absolute Gasteiger partial charge is 0.345 e. The Bertz CT molecular complexity index is 921. The first kappa shape index (κ1) is 23.8. The Balaban J connectivity index is 1.69. The van der Waals surface area contributed by atoms with Gasteiger partial charge in [0.1, 0.15) is 11.9 Å². The van der Waals surface area contributed by atoms with E-state index < -0.39 is 12.1 Å². The van der Waals surface area contributed by atoms with Gasteiger partial charge in [-0.2, -0.15) is 0 Å². The summed E-state index contributed by atoms with van der Waals surface area (Å²) in [5.74, 6) is 0.321. The molecule has 2 heterocycles. The molecular weight excluding hydrogens is 406 g/mol. The number of carbonyl (C=O) groups is 3. The minimum Gasteiger partial charge on any atom is -0.345 e. The molecule has 1 aromatic heterocycles. The summed E-state index contributed by atoms with van der Waals surface area (Å²) in [5.41, 5.74) is 1.71. The molecule has 174 valence electrons. The number of imidazole rings is 1. The van der Waals surface area contributed by atoms with Gasteiger partial charge in [0.2, 0.25) is 17.7 Å².